The fourth-order valence-corrected chi connectivity index (χ4v) is 1.18. The summed E-state index contributed by atoms with van der Waals surface area (Å²) in [6.07, 6.45) is -0.894. The highest BCUT2D eigenvalue weighted by Crippen LogP contribution is 2.17. The Hall–Kier alpha value is -1.72. The van der Waals surface area contributed by atoms with E-state index in [1.807, 2.05) is 44.2 Å². The molecule has 2 aromatic rings. The number of aliphatic hydroxyl groups excluding tert-OH is 1. The molecule has 0 spiro atoms. The molecule has 1 heterocycles. The van der Waals surface area contributed by atoms with Gasteiger partial charge in [-0.1, -0.05) is 49.3 Å². The summed E-state index contributed by atoms with van der Waals surface area (Å²) in [5.74, 6) is 0.606. The molecule has 0 aliphatic rings. The van der Waals surface area contributed by atoms with Gasteiger partial charge in [0, 0.05) is 12.1 Å². The van der Waals surface area contributed by atoms with E-state index in [9.17, 15) is 5.11 Å². The van der Waals surface area contributed by atoms with Crippen molar-refractivity contribution in [1.29, 1.82) is 0 Å². The number of benzene rings is 1. The first kappa shape index (κ1) is 13.3. The first-order chi connectivity index (χ1) is 8.31. The normalized spacial score (nSPS) is 11.5. The van der Waals surface area contributed by atoms with E-state index in [2.05, 4.69) is 10.1 Å². The van der Waals surface area contributed by atoms with Crippen molar-refractivity contribution in [3.63, 3.8) is 0 Å². The highest BCUT2D eigenvalue weighted by Gasteiger charge is 2.14. The van der Waals surface area contributed by atoms with Crippen LogP contribution >= 0.6 is 0 Å². The fourth-order valence-electron chi connectivity index (χ4n) is 1.18. The molecule has 3 N–H and O–H groups in total. The summed E-state index contributed by atoms with van der Waals surface area (Å²) >= 11 is 0. The van der Waals surface area contributed by atoms with E-state index < -0.39 is 6.10 Å². The summed E-state index contributed by atoms with van der Waals surface area (Å²) in [4.78, 5) is 4.04. The fraction of sp³-hybridized carbons (Fsp3) is 0.333. The van der Waals surface area contributed by atoms with E-state index >= 15 is 0 Å². The zero-order valence-corrected chi connectivity index (χ0v) is 10.00. The lowest BCUT2D eigenvalue weighted by Gasteiger charge is -1.98. The molecule has 92 valence electrons. The summed E-state index contributed by atoms with van der Waals surface area (Å²) in [7, 11) is 0. The minimum Gasteiger partial charge on any atom is -0.382 e. The molecule has 1 unspecified atom stereocenters. The average molecular weight is 235 g/mol. The molecule has 1 aromatic carbocycles. The molecule has 0 saturated carbocycles. The van der Waals surface area contributed by atoms with Crippen LogP contribution in [0.25, 0.3) is 11.4 Å². The van der Waals surface area contributed by atoms with Crippen LogP contribution in [0.1, 0.15) is 25.8 Å². The first-order valence-corrected chi connectivity index (χ1v) is 5.58. The van der Waals surface area contributed by atoms with Crippen LogP contribution in [-0.4, -0.2) is 21.8 Å². The van der Waals surface area contributed by atoms with Crippen LogP contribution in [0.15, 0.2) is 34.9 Å². The van der Waals surface area contributed by atoms with Crippen LogP contribution in [0.2, 0.25) is 0 Å². The van der Waals surface area contributed by atoms with Crippen molar-refractivity contribution in [2.24, 2.45) is 5.73 Å². The van der Waals surface area contributed by atoms with E-state index in [4.69, 9.17) is 10.3 Å². The van der Waals surface area contributed by atoms with Crippen molar-refractivity contribution in [2.75, 3.05) is 6.54 Å². The number of aromatic nitrogens is 2. The van der Waals surface area contributed by atoms with Gasteiger partial charge < -0.3 is 15.4 Å². The van der Waals surface area contributed by atoms with Gasteiger partial charge >= 0.3 is 0 Å². The third-order valence-electron chi connectivity index (χ3n) is 1.98. The van der Waals surface area contributed by atoms with Crippen LogP contribution < -0.4 is 5.73 Å². The molecule has 0 bridgehead atoms. The largest absolute Gasteiger partial charge is 0.382 e. The SMILES string of the molecule is CC.NCC(O)c1nc(-c2ccccc2)no1. The molecule has 0 radical (unpaired) electrons. The first-order valence-electron chi connectivity index (χ1n) is 5.58. The maximum absolute atomic E-state index is 9.37. The Kier molecular flexibility index (Phi) is 5.32. The van der Waals surface area contributed by atoms with Gasteiger partial charge in [0.15, 0.2) is 0 Å². The van der Waals surface area contributed by atoms with Gasteiger partial charge in [0.2, 0.25) is 5.82 Å². The highest BCUT2D eigenvalue weighted by molar-refractivity contribution is 5.53. The Balaban J connectivity index is 0.000000686. The van der Waals surface area contributed by atoms with Crippen LogP contribution in [0.3, 0.4) is 0 Å². The highest BCUT2D eigenvalue weighted by atomic mass is 16.5. The Morgan fingerprint density at radius 2 is 1.94 bits per heavy atom. The molecule has 1 atom stereocenters. The minimum atomic E-state index is -0.894. The molecular formula is C12H17N3O2. The third kappa shape index (κ3) is 3.37. The molecule has 0 amide bonds. The van der Waals surface area contributed by atoms with Gasteiger partial charge in [-0.25, -0.2) is 0 Å². The Morgan fingerprint density at radius 1 is 1.29 bits per heavy atom. The summed E-state index contributed by atoms with van der Waals surface area (Å²) in [6.45, 7) is 4.07. The lowest BCUT2D eigenvalue weighted by molar-refractivity contribution is 0.141. The monoisotopic (exact) mass is 235 g/mol. The number of aliphatic hydroxyl groups is 1. The van der Waals surface area contributed by atoms with Gasteiger partial charge in [0.05, 0.1) is 0 Å². The second-order valence-electron chi connectivity index (χ2n) is 3.07. The topological polar surface area (TPSA) is 85.2 Å². The second kappa shape index (κ2) is 6.78. The van der Waals surface area contributed by atoms with Crippen molar-refractivity contribution in [1.82, 2.24) is 10.1 Å². The lowest BCUT2D eigenvalue weighted by atomic mass is 10.2. The molecule has 5 heteroatoms. The second-order valence-corrected chi connectivity index (χ2v) is 3.07. The van der Waals surface area contributed by atoms with Gasteiger partial charge in [0.25, 0.3) is 5.89 Å². The molecule has 1 aromatic heterocycles. The summed E-state index contributed by atoms with van der Waals surface area (Å²) in [6, 6.07) is 9.39. The molecule has 2 rings (SSSR count). The minimum absolute atomic E-state index is 0.0659. The molecule has 5 nitrogen and oxygen atoms in total. The van der Waals surface area contributed by atoms with Crippen molar-refractivity contribution in [3.8, 4) is 11.4 Å². The molecule has 0 saturated heterocycles. The molecular weight excluding hydrogens is 218 g/mol. The van der Waals surface area contributed by atoms with E-state index in [0.717, 1.165) is 5.56 Å². The van der Waals surface area contributed by atoms with Crippen LogP contribution in [0.4, 0.5) is 0 Å². The lowest BCUT2D eigenvalue weighted by Crippen LogP contribution is -2.11. The van der Waals surface area contributed by atoms with E-state index in [-0.39, 0.29) is 12.4 Å². The van der Waals surface area contributed by atoms with Crippen molar-refractivity contribution < 1.29 is 9.63 Å². The number of rotatable bonds is 3. The summed E-state index contributed by atoms with van der Waals surface area (Å²) in [5.41, 5.74) is 6.12. The maximum Gasteiger partial charge on any atom is 0.257 e. The van der Waals surface area contributed by atoms with Gasteiger partial charge in [-0.3, -0.25) is 0 Å². The van der Waals surface area contributed by atoms with Crippen LogP contribution in [0, 0.1) is 0 Å². The average Bonchev–Trinajstić information content (AvgIpc) is 2.91. The predicted molar refractivity (Wildman–Crippen MR) is 65.1 cm³/mol. The molecule has 0 fully saturated rings. The maximum atomic E-state index is 9.37. The Labute approximate surface area is 100 Å². The summed E-state index contributed by atoms with van der Waals surface area (Å²) < 4.78 is 4.88. The standard InChI is InChI=1S/C10H11N3O2.C2H6/c11-6-8(14)10-12-9(13-15-10)7-4-2-1-3-5-7;1-2/h1-5,8,14H,6,11H2;1-2H3. The van der Waals surface area contributed by atoms with Crippen LogP contribution in [-0.2, 0) is 0 Å². The number of nitrogens with two attached hydrogens (primary N) is 1. The zero-order chi connectivity index (χ0) is 12.7. The van der Waals surface area contributed by atoms with Gasteiger partial charge in [-0.2, -0.15) is 4.98 Å². The predicted octanol–water partition coefficient (Wildman–Crippen LogP) is 1.75. The molecule has 0 aliphatic carbocycles. The van der Waals surface area contributed by atoms with Crippen LogP contribution in [0.5, 0.6) is 0 Å². The van der Waals surface area contributed by atoms with Crippen molar-refractivity contribution in [2.45, 2.75) is 20.0 Å². The van der Waals surface area contributed by atoms with Gasteiger partial charge in [-0.05, 0) is 0 Å². The van der Waals surface area contributed by atoms with E-state index in [0.29, 0.717) is 5.82 Å². The number of hydrogen-bond donors (Lipinski definition) is 2. The van der Waals surface area contributed by atoms with Crippen molar-refractivity contribution in [3.05, 3.63) is 36.2 Å². The number of hydrogen-bond acceptors (Lipinski definition) is 5. The van der Waals surface area contributed by atoms with Gasteiger partial charge in [0.1, 0.15) is 6.10 Å². The molecule has 17 heavy (non-hydrogen) atoms. The van der Waals surface area contributed by atoms with Gasteiger partial charge in [-0.15, -0.1) is 0 Å². The van der Waals surface area contributed by atoms with E-state index in [1.165, 1.54) is 0 Å². The zero-order valence-electron chi connectivity index (χ0n) is 10.00. The van der Waals surface area contributed by atoms with E-state index in [1.54, 1.807) is 0 Å². The summed E-state index contributed by atoms with van der Waals surface area (Å²) in [5, 5.41) is 13.1. The third-order valence-corrected chi connectivity index (χ3v) is 1.98. The number of nitrogens with zero attached hydrogens (tertiary/aromatic N) is 2. The smallest absolute Gasteiger partial charge is 0.257 e. The Morgan fingerprint density at radius 3 is 2.53 bits per heavy atom. The van der Waals surface area contributed by atoms with Crippen molar-refractivity contribution >= 4 is 0 Å². The quantitative estimate of drug-likeness (QED) is 0.846. The molecule has 0 aliphatic heterocycles. The Bertz CT molecular complexity index is 428.